The molecule has 0 aromatic carbocycles. The molecular formula is C9H11NO. The maximum Gasteiger partial charge on any atom is 0.131 e. The van der Waals surface area contributed by atoms with Gasteiger partial charge in [-0.3, -0.25) is 0 Å². The van der Waals surface area contributed by atoms with E-state index in [4.69, 9.17) is 10.2 Å². The molecule has 0 radical (unpaired) electrons. The Morgan fingerprint density at radius 3 is 3.09 bits per heavy atom. The first-order valence-electron chi connectivity index (χ1n) is 3.80. The smallest absolute Gasteiger partial charge is 0.131 e. The van der Waals surface area contributed by atoms with E-state index in [0.29, 0.717) is 5.92 Å². The van der Waals surface area contributed by atoms with Gasteiger partial charge in [-0.1, -0.05) is 13.0 Å². The van der Waals surface area contributed by atoms with Crippen molar-refractivity contribution in [3.8, 4) is 0 Å². The van der Waals surface area contributed by atoms with Crippen molar-refractivity contribution in [1.82, 2.24) is 0 Å². The molecule has 11 heavy (non-hydrogen) atoms. The highest BCUT2D eigenvalue weighted by atomic mass is 16.3. The van der Waals surface area contributed by atoms with E-state index in [-0.39, 0.29) is 6.04 Å². The first kappa shape index (κ1) is 6.68. The van der Waals surface area contributed by atoms with Crippen LogP contribution in [-0.2, 0) is 0 Å². The first-order valence-corrected chi connectivity index (χ1v) is 3.80. The molecule has 0 aliphatic heterocycles. The van der Waals surface area contributed by atoms with Gasteiger partial charge in [0.25, 0.3) is 0 Å². The van der Waals surface area contributed by atoms with E-state index in [9.17, 15) is 0 Å². The average molecular weight is 149 g/mol. The number of nitrogens with two attached hydrogens (primary N) is 1. The number of rotatable bonds is 0. The van der Waals surface area contributed by atoms with Crippen molar-refractivity contribution < 1.29 is 4.42 Å². The van der Waals surface area contributed by atoms with Gasteiger partial charge in [0.05, 0.1) is 6.26 Å². The molecule has 58 valence electrons. The fraction of sp³-hybridized carbons (Fsp3) is 0.333. The van der Waals surface area contributed by atoms with Gasteiger partial charge >= 0.3 is 0 Å². The van der Waals surface area contributed by atoms with Crippen LogP contribution in [0.1, 0.15) is 6.92 Å². The summed E-state index contributed by atoms with van der Waals surface area (Å²) < 4.78 is 5.21. The zero-order valence-electron chi connectivity index (χ0n) is 6.45. The Labute approximate surface area is 65.0 Å². The van der Waals surface area contributed by atoms with E-state index in [0.717, 1.165) is 5.42 Å². The largest absolute Gasteiger partial charge is 0.465 e. The van der Waals surface area contributed by atoms with Crippen molar-refractivity contribution in [3.05, 3.63) is 23.0 Å². The highest BCUT2D eigenvalue weighted by Crippen LogP contribution is 2.05. The molecule has 2 heteroatoms. The lowest BCUT2D eigenvalue weighted by molar-refractivity contribution is 0.520. The topological polar surface area (TPSA) is 39.2 Å². The molecule has 1 aromatic heterocycles. The average Bonchev–Trinajstić information content (AvgIpc) is 2.36. The molecule has 0 bridgehead atoms. The molecule has 1 aromatic rings. The molecule has 0 saturated carbocycles. The summed E-state index contributed by atoms with van der Waals surface area (Å²) in [5, 5.41) is 1.17. The van der Waals surface area contributed by atoms with Crippen molar-refractivity contribution in [1.29, 1.82) is 0 Å². The Bertz CT molecular complexity index is 329. The second kappa shape index (κ2) is 2.24. The first-order chi connectivity index (χ1) is 5.27. The summed E-state index contributed by atoms with van der Waals surface area (Å²) in [7, 11) is 0. The minimum absolute atomic E-state index is 0.105. The third kappa shape index (κ3) is 0.994. The molecule has 0 amide bonds. The fourth-order valence-corrected chi connectivity index (χ4v) is 1.32. The van der Waals surface area contributed by atoms with Crippen LogP contribution < -0.4 is 16.4 Å². The SMILES string of the molecule is CC1C=c2ccoc2=CC1N. The van der Waals surface area contributed by atoms with Crippen LogP contribution in [0.5, 0.6) is 0 Å². The number of furan rings is 1. The third-order valence-electron chi connectivity index (χ3n) is 2.12. The van der Waals surface area contributed by atoms with Crippen LogP contribution in [-0.4, -0.2) is 6.04 Å². The summed E-state index contributed by atoms with van der Waals surface area (Å²) in [5.41, 5.74) is 6.72. The van der Waals surface area contributed by atoms with E-state index < -0.39 is 0 Å². The van der Waals surface area contributed by atoms with Crippen LogP contribution in [0.2, 0.25) is 0 Å². The van der Waals surface area contributed by atoms with E-state index in [1.54, 1.807) is 6.26 Å². The van der Waals surface area contributed by atoms with Gasteiger partial charge < -0.3 is 10.2 Å². The van der Waals surface area contributed by atoms with E-state index in [2.05, 4.69) is 13.0 Å². The molecule has 1 aliphatic rings. The van der Waals surface area contributed by atoms with Crippen molar-refractivity contribution in [3.63, 3.8) is 0 Å². The molecule has 0 saturated heterocycles. The molecule has 1 heterocycles. The number of fused-ring (bicyclic) bond motifs is 1. The summed E-state index contributed by atoms with van der Waals surface area (Å²) in [4.78, 5) is 0. The lowest BCUT2D eigenvalue weighted by Gasteiger charge is -2.13. The molecule has 1 aliphatic carbocycles. The van der Waals surface area contributed by atoms with Gasteiger partial charge in [-0.15, -0.1) is 0 Å². The minimum Gasteiger partial charge on any atom is -0.465 e. The van der Waals surface area contributed by atoms with Crippen molar-refractivity contribution >= 4 is 12.2 Å². The van der Waals surface area contributed by atoms with Crippen molar-refractivity contribution in [2.75, 3.05) is 0 Å². The number of hydrogen-bond acceptors (Lipinski definition) is 2. The van der Waals surface area contributed by atoms with Crippen LogP contribution in [0.25, 0.3) is 12.2 Å². The van der Waals surface area contributed by atoms with Crippen LogP contribution in [0.4, 0.5) is 0 Å². The summed E-state index contributed by atoms with van der Waals surface area (Å²) in [6, 6.07) is 2.07. The zero-order valence-corrected chi connectivity index (χ0v) is 6.45. The standard InChI is InChI=1S/C9H11NO/c1-6-4-7-2-3-11-9(7)5-8(6)10/h2-6,8H,10H2,1H3. The van der Waals surface area contributed by atoms with Gasteiger partial charge in [0.1, 0.15) is 5.42 Å². The van der Waals surface area contributed by atoms with E-state index in [1.807, 2.05) is 12.1 Å². The summed E-state index contributed by atoms with van der Waals surface area (Å²) >= 11 is 0. The number of hydrogen-bond donors (Lipinski definition) is 1. The summed E-state index contributed by atoms with van der Waals surface area (Å²) in [6.45, 7) is 2.11. The van der Waals surface area contributed by atoms with Crippen LogP contribution in [0.15, 0.2) is 16.7 Å². The molecule has 0 spiro atoms. The van der Waals surface area contributed by atoms with Gasteiger partial charge in [-0.05, 0) is 18.1 Å². The zero-order chi connectivity index (χ0) is 7.84. The van der Waals surface area contributed by atoms with Gasteiger partial charge in [0.2, 0.25) is 0 Å². The fourth-order valence-electron chi connectivity index (χ4n) is 1.32. The van der Waals surface area contributed by atoms with Gasteiger partial charge in [-0.25, -0.2) is 0 Å². The minimum atomic E-state index is 0.105. The molecule has 2 atom stereocenters. The Morgan fingerprint density at radius 2 is 2.27 bits per heavy atom. The quantitative estimate of drug-likeness (QED) is 0.555. The van der Waals surface area contributed by atoms with Crippen LogP contribution >= 0.6 is 0 Å². The van der Waals surface area contributed by atoms with Gasteiger partial charge in [0.15, 0.2) is 0 Å². The highest BCUT2D eigenvalue weighted by molar-refractivity contribution is 5.42. The van der Waals surface area contributed by atoms with Crippen LogP contribution in [0, 0.1) is 5.92 Å². The van der Waals surface area contributed by atoms with Crippen molar-refractivity contribution in [2.24, 2.45) is 11.7 Å². The summed E-state index contributed by atoms with van der Waals surface area (Å²) in [6.07, 6.45) is 5.81. The Hall–Kier alpha value is -1.02. The molecule has 2 nitrogen and oxygen atoms in total. The molecular weight excluding hydrogens is 138 g/mol. The normalized spacial score (nSPS) is 28.5. The predicted molar refractivity (Wildman–Crippen MR) is 44.0 cm³/mol. The predicted octanol–water partition coefficient (Wildman–Crippen LogP) is -0.182. The van der Waals surface area contributed by atoms with Crippen molar-refractivity contribution in [2.45, 2.75) is 13.0 Å². The maximum absolute atomic E-state index is 5.81. The van der Waals surface area contributed by atoms with Gasteiger partial charge in [-0.2, -0.15) is 0 Å². The van der Waals surface area contributed by atoms with Gasteiger partial charge in [0, 0.05) is 11.3 Å². The Balaban J connectivity index is 2.69. The molecule has 2 unspecified atom stereocenters. The lowest BCUT2D eigenvalue weighted by atomic mass is 9.98. The van der Waals surface area contributed by atoms with Crippen LogP contribution in [0.3, 0.4) is 0 Å². The van der Waals surface area contributed by atoms with E-state index in [1.165, 1.54) is 5.22 Å². The monoisotopic (exact) mass is 149 g/mol. The second-order valence-electron chi connectivity index (χ2n) is 3.01. The Kier molecular flexibility index (Phi) is 1.36. The highest BCUT2D eigenvalue weighted by Gasteiger charge is 2.11. The lowest BCUT2D eigenvalue weighted by Crippen LogP contribution is -2.36. The maximum atomic E-state index is 5.81. The summed E-state index contributed by atoms with van der Waals surface area (Å²) in [5.74, 6) is 0.417. The molecule has 2 N–H and O–H groups in total. The Morgan fingerprint density at radius 1 is 1.45 bits per heavy atom. The third-order valence-corrected chi connectivity index (χ3v) is 2.12. The molecule has 0 fully saturated rings. The second-order valence-corrected chi connectivity index (χ2v) is 3.01. The van der Waals surface area contributed by atoms with E-state index >= 15 is 0 Å². The molecule has 2 rings (SSSR count).